The highest BCUT2D eigenvalue weighted by Crippen LogP contribution is 2.32. The van der Waals surface area contributed by atoms with E-state index in [1.165, 1.54) is 11.3 Å². The van der Waals surface area contributed by atoms with E-state index < -0.39 is 0 Å². The van der Waals surface area contributed by atoms with Crippen molar-refractivity contribution in [1.29, 1.82) is 0 Å². The molecule has 0 saturated carbocycles. The smallest absolute Gasteiger partial charge is 0.273 e. The predicted molar refractivity (Wildman–Crippen MR) is 91.9 cm³/mol. The summed E-state index contributed by atoms with van der Waals surface area (Å²) in [5.41, 5.74) is 1.49. The van der Waals surface area contributed by atoms with Crippen molar-refractivity contribution in [3.8, 4) is 16.3 Å². The monoisotopic (exact) mass is 334 g/mol. The maximum atomic E-state index is 12.5. The number of ether oxygens (including phenoxy) is 1. The molecule has 2 aromatic rings. The van der Waals surface area contributed by atoms with E-state index in [-0.39, 0.29) is 5.91 Å². The van der Waals surface area contributed by atoms with Gasteiger partial charge >= 0.3 is 0 Å². The number of carbonyl (C=O) groups is 1. The molecule has 6 heteroatoms. The molecule has 2 heterocycles. The van der Waals surface area contributed by atoms with Gasteiger partial charge in [0.2, 0.25) is 0 Å². The van der Waals surface area contributed by atoms with Crippen LogP contribution in [0.3, 0.4) is 0 Å². The fourth-order valence-electron chi connectivity index (χ4n) is 2.35. The summed E-state index contributed by atoms with van der Waals surface area (Å²) in [6.07, 6.45) is 0. The molecule has 1 saturated heterocycles. The van der Waals surface area contributed by atoms with Gasteiger partial charge in [-0.1, -0.05) is 12.1 Å². The van der Waals surface area contributed by atoms with Crippen molar-refractivity contribution >= 4 is 29.0 Å². The summed E-state index contributed by atoms with van der Waals surface area (Å²) in [5, 5.41) is 2.68. The van der Waals surface area contributed by atoms with Crippen LogP contribution in [0.4, 0.5) is 0 Å². The molecule has 1 aromatic carbocycles. The minimum absolute atomic E-state index is 0.0386. The number of thioether (sulfide) groups is 1. The van der Waals surface area contributed by atoms with Crippen molar-refractivity contribution in [1.82, 2.24) is 9.88 Å². The van der Waals surface area contributed by atoms with Gasteiger partial charge in [0.1, 0.15) is 16.5 Å². The molecule has 116 valence electrons. The molecule has 22 heavy (non-hydrogen) atoms. The lowest BCUT2D eigenvalue weighted by Crippen LogP contribution is -2.38. The first-order chi connectivity index (χ1) is 10.8. The van der Waals surface area contributed by atoms with Crippen LogP contribution in [0.25, 0.3) is 10.6 Å². The van der Waals surface area contributed by atoms with E-state index in [0.29, 0.717) is 12.3 Å². The summed E-state index contributed by atoms with van der Waals surface area (Å²) in [6.45, 7) is 4.19. The average Bonchev–Trinajstić information content (AvgIpc) is 3.05. The van der Waals surface area contributed by atoms with Crippen LogP contribution in [0, 0.1) is 0 Å². The van der Waals surface area contributed by atoms with Gasteiger partial charge in [-0.2, -0.15) is 11.8 Å². The van der Waals surface area contributed by atoms with Crippen molar-refractivity contribution in [3.05, 3.63) is 35.3 Å². The molecule has 1 aliphatic rings. The van der Waals surface area contributed by atoms with E-state index in [4.69, 9.17) is 4.74 Å². The zero-order valence-electron chi connectivity index (χ0n) is 12.4. The number of nitrogens with zero attached hydrogens (tertiary/aromatic N) is 2. The molecule has 0 atom stereocenters. The van der Waals surface area contributed by atoms with E-state index in [9.17, 15) is 4.79 Å². The Hall–Kier alpha value is -1.53. The van der Waals surface area contributed by atoms with Crippen LogP contribution in [0.1, 0.15) is 17.4 Å². The standard InChI is InChI=1S/C16H18N2O2S2/c1-2-20-14-6-4-3-5-12(14)15-17-13(11-22-15)16(19)18-7-9-21-10-8-18/h3-6,11H,2,7-10H2,1H3. The predicted octanol–water partition coefficient (Wildman–Crippen LogP) is 3.40. The van der Waals surface area contributed by atoms with Crippen molar-refractivity contribution in [2.24, 2.45) is 0 Å². The first kappa shape index (κ1) is 15.4. The summed E-state index contributed by atoms with van der Waals surface area (Å²) in [6, 6.07) is 7.82. The summed E-state index contributed by atoms with van der Waals surface area (Å²) in [5.74, 6) is 2.87. The van der Waals surface area contributed by atoms with Crippen LogP contribution in [-0.2, 0) is 0 Å². The second-order valence-electron chi connectivity index (χ2n) is 4.87. The third-order valence-corrected chi connectivity index (χ3v) is 5.26. The maximum Gasteiger partial charge on any atom is 0.273 e. The summed E-state index contributed by atoms with van der Waals surface area (Å²) >= 11 is 3.38. The summed E-state index contributed by atoms with van der Waals surface area (Å²) < 4.78 is 5.65. The third-order valence-electron chi connectivity index (χ3n) is 3.44. The van der Waals surface area contributed by atoms with Crippen LogP contribution >= 0.6 is 23.1 Å². The zero-order chi connectivity index (χ0) is 15.4. The number of hydrogen-bond donors (Lipinski definition) is 0. The topological polar surface area (TPSA) is 42.4 Å². The highest BCUT2D eigenvalue weighted by atomic mass is 32.2. The number of aromatic nitrogens is 1. The van der Waals surface area contributed by atoms with Gasteiger partial charge in [-0.05, 0) is 19.1 Å². The molecule has 3 rings (SSSR count). The zero-order valence-corrected chi connectivity index (χ0v) is 14.1. The van der Waals surface area contributed by atoms with Gasteiger partial charge in [0, 0.05) is 30.0 Å². The maximum absolute atomic E-state index is 12.5. The van der Waals surface area contributed by atoms with Crippen molar-refractivity contribution in [3.63, 3.8) is 0 Å². The van der Waals surface area contributed by atoms with Crippen LogP contribution < -0.4 is 4.74 Å². The molecule has 0 bridgehead atoms. The third kappa shape index (κ3) is 3.28. The Morgan fingerprint density at radius 2 is 2.09 bits per heavy atom. The minimum Gasteiger partial charge on any atom is -0.493 e. The van der Waals surface area contributed by atoms with Gasteiger partial charge in [-0.15, -0.1) is 11.3 Å². The second-order valence-corrected chi connectivity index (χ2v) is 6.95. The molecular formula is C16H18N2O2S2. The SMILES string of the molecule is CCOc1ccccc1-c1nc(C(=O)N2CCSCC2)cs1. The van der Waals surface area contributed by atoms with Gasteiger partial charge in [0.05, 0.1) is 12.2 Å². The Labute approximate surface area is 138 Å². The van der Waals surface area contributed by atoms with E-state index in [0.717, 1.165) is 40.9 Å². The Morgan fingerprint density at radius 3 is 2.86 bits per heavy atom. The molecule has 1 fully saturated rings. The average molecular weight is 334 g/mol. The summed E-state index contributed by atoms with van der Waals surface area (Å²) in [7, 11) is 0. The fraction of sp³-hybridized carbons (Fsp3) is 0.375. The van der Waals surface area contributed by atoms with Crippen molar-refractivity contribution < 1.29 is 9.53 Å². The van der Waals surface area contributed by atoms with E-state index >= 15 is 0 Å². The molecule has 1 aromatic heterocycles. The molecule has 0 radical (unpaired) electrons. The Bertz CT molecular complexity index is 651. The highest BCUT2D eigenvalue weighted by Gasteiger charge is 2.21. The van der Waals surface area contributed by atoms with Gasteiger partial charge in [-0.25, -0.2) is 4.98 Å². The van der Waals surface area contributed by atoms with Crippen LogP contribution in [0.2, 0.25) is 0 Å². The minimum atomic E-state index is 0.0386. The highest BCUT2D eigenvalue weighted by molar-refractivity contribution is 7.99. The molecule has 0 N–H and O–H groups in total. The lowest BCUT2D eigenvalue weighted by atomic mass is 10.2. The quantitative estimate of drug-likeness (QED) is 0.859. The normalized spacial score (nSPS) is 14.9. The Kier molecular flexibility index (Phi) is 5.00. The van der Waals surface area contributed by atoms with Crippen molar-refractivity contribution in [2.45, 2.75) is 6.92 Å². The first-order valence-corrected chi connectivity index (χ1v) is 9.37. The van der Waals surface area contributed by atoms with Gasteiger partial charge < -0.3 is 9.64 Å². The number of hydrogen-bond acceptors (Lipinski definition) is 5. The van der Waals surface area contributed by atoms with E-state index in [1.807, 2.05) is 53.2 Å². The molecule has 0 spiro atoms. The fourth-order valence-corrected chi connectivity index (χ4v) is 4.08. The molecular weight excluding hydrogens is 316 g/mol. The number of rotatable bonds is 4. The van der Waals surface area contributed by atoms with Gasteiger partial charge in [0.15, 0.2) is 0 Å². The van der Waals surface area contributed by atoms with Crippen molar-refractivity contribution in [2.75, 3.05) is 31.2 Å². The molecule has 0 unspecified atom stereocenters. The largest absolute Gasteiger partial charge is 0.493 e. The number of thiazole rings is 1. The number of benzene rings is 1. The lowest BCUT2D eigenvalue weighted by molar-refractivity contribution is 0.0767. The summed E-state index contributed by atoms with van der Waals surface area (Å²) in [4.78, 5) is 18.9. The Balaban J connectivity index is 1.83. The first-order valence-electron chi connectivity index (χ1n) is 7.34. The number of para-hydroxylation sites is 1. The van der Waals surface area contributed by atoms with Crippen LogP contribution in [0.5, 0.6) is 5.75 Å². The number of amides is 1. The lowest BCUT2D eigenvalue weighted by Gasteiger charge is -2.25. The second kappa shape index (κ2) is 7.15. The van der Waals surface area contributed by atoms with Crippen LogP contribution in [-0.4, -0.2) is 47.0 Å². The van der Waals surface area contributed by atoms with Crippen LogP contribution in [0.15, 0.2) is 29.6 Å². The molecule has 4 nitrogen and oxygen atoms in total. The Morgan fingerprint density at radius 1 is 1.32 bits per heavy atom. The van der Waals surface area contributed by atoms with Gasteiger partial charge in [0.25, 0.3) is 5.91 Å². The van der Waals surface area contributed by atoms with E-state index in [2.05, 4.69) is 4.98 Å². The van der Waals surface area contributed by atoms with Gasteiger partial charge in [-0.3, -0.25) is 4.79 Å². The molecule has 1 amide bonds. The number of carbonyl (C=O) groups excluding carboxylic acids is 1. The van der Waals surface area contributed by atoms with E-state index in [1.54, 1.807) is 0 Å². The molecule has 1 aliphatic heterocycles. The molecule has 0 aliphatic carbocycles.